The van der Waals surface area contributed by atoms with Crippen LogP contribution in [-0.4, -0.2) is 17.6 Å². The molecule has 6 atom stereocenters. The zero-order chi connectivity index (χ0) is 19.9. The highest BCUT2D eigenvalue weighted by Gasteiger charge is 2.67. The molecule has 2 amide bonds. The maximum atomic E-state index is 13.4. The Hall–Kier alpha value is -2.72. The molecule has 5 aliphatic rings. The van der Waals surface area contributed by atoms with Crippen molar-refractivity contribution in [3.8, 4) is 0 Å². The number of carbonyl (C=O) groups excluding carboxylic acids is 3. The van der Waals surface area contributed by atoms with E-state index in [0.29, 0.717) is 28.1 Å². The van der Waals surface area contributed by atoms with Crippen molar-refractivity contribution in [1.82, 2.24) is 0 Å². The second-order valence-corrected chi connectivity index (χ2v) is 8.96. The maximum absolute atomic E-state index is 13.4. The first kappa shape index (κ1) is 17.2. The molecule has 7 rings (SSSR count). The quantitative estimate of drug-likeness (QED) is 0.440. The largest absolute Gasteiger partial charge is 0.289 e. The minimum Gasteiger partial charge on any atom is -0.289 e. The van der Waals surface area contributed by atoms with Crippen molar-refractivity contribution in [1.29, 1.82) is 0 Å². The van der Waals surface area contributed by atoms with Crippen molar-refractivity contribution in [3.63, 3.8) is 0 Å². The highest BCUT2D eigenvalue weighted by molar-refractivity contribution is 6.32. The van der Waals surface area contributed by atoms with Crippen molar-refractivity contribution in [2.75, 3.05) is 4.90 Å². The maximum Gasteiger partial charge on any atom is 0.238 e. The molecule has 1 aliphatic heterocycles. The Balaban J connectivity index is 1.45. The zero-order valence-corrected chi connectivity index (χ0v) is 16.3. The van der Waals surface area contributed by atoms with Gasteiger partial charge in [-0.2, -0.15) is 0 Å². The first-order valence-electron chi connectivity index (χ1n) is 10.0. The molecule has 0 radical (unpaired) electrons. The fourth-order valence-electron chi connectivity index (χ4n) is 5.82. The monoisotopic (exact) mass is 403 g/mol. The number of imide groups is 1. The number of hydrogen-bond acceptors (Lipinski definition) is 3. The van der Waals surface area contributed by atoms with E-state index in [1.165, 1.54) is 4.90 Å². The average Bonchev–Trinajstić information content (AvgIpc) is 3.52. The van der Waals surface area contributed by atoms with Crippen LogP contribution in [0.4, 0.5) is 5.69 Å². The highest BCUT2D eigenvalue weighted by atomic mass is 35.5. The van der Waals surface area contributed by atoms with Gasteiger partial charge < -0.3 is 0 Å². The molecule has 0 N–H and O–H groups in total. The van der Waals surface area contributed by atoms with Crippen LogP contribution in [0.1, 0.15) is 22.3 Å². The SMILES string of the molecule is O=C(c1ccccc1)c1cc(Cl)ccc1N1C(=O)[C@@H]2[C@@H]3C=C[C@@H]([C@H]4C[C@@H]34)[C@@H]2C1=O. The van der Waals surface area contributed by atoms with Gasteiger partial charge in [-0.3, -0.25) is 14.4 Å². The average molecular weight is 404 g/mol. The second kappa shape index (κ2) is 5.90. The Morgan fingerprint density at radius 3 is 2.14 bits per heavy atom. The second-order valence-electron chi connectivity index (χ2n) is 8.52. The summed E-state index contributed by atoms with van der Waals surface area (Å²) in [5.74, 6) is 0.199. The summed E-state index contributed by atoms with van der Waals surface area (Å²) >= 11 is 6.18. The normalized spacial score (nSPS) is 33.6. The Labute approximate surface area is 173 Å². The molecule has 0 aromatic heterocycles. The molecule has 2 bridgehead atoms. The van der Waals surface area contributed by atoms with E-state index in [4.69, 9.17) is 11.6 Å². The molecule has 29 heavy (non-hydrogen) atoms. The van der Waals surface area contributed by atoms with E-state index in [1.54, 1.807) is 42.5 Å². The molecule has 2 aromatic rings. The molecule has 0 spiro atoms. The number of anilines is 1. The summed E-state index contributed by atoms with van der Waals surface area (Å²) in [7, 11) is 0. The summed E-state index contributed by atoms with van der Waals surface area (Å²) in [5, 5.41) is 0.396. The number of rotatable bonds is 3. The minimum absolute atomic E-state index is 0.150. The molecule has 0 unspecified atom stereocenters. The Morgan fingerprint density at radius 2 is 1.52 bits per heavy atom. The van der Waals surface area contributed by atoms with Crippen LogP contribution in [0.25, 0.3) is 0 Å². The number of allylic oxidation sites excluding steroid dienone is 2. The van der Waals surface area contributed by atoms with Gasteiger partial charge in [0.2, 0.25) is 11.8 Å². The molecule has 4 aliphatic carbocycles. The van der Waals surface area contributed by atoms with E-state index < -0.39 is 0 Å². The van der Waals surface area contributed by atoms with Gasteiger partial charge >= 0.3 is 0 Å². The summed E-state index contributed by atoms with van der Waals surface area (Å²) < 4.78 is 0. The highest BCUT2D eigenvalue weighted by Crippen LogP contribution is 2.65. The van der Waals surface area contributed by atoms with Crippen molar-refractivity contribution < 1.29 is 14.4 Å². The first-order chi connectivity index (χ1) is 14.1. The number of nitrogens with zero attached hydrogens (tertiary/aromatic N) is 1. The molecule has 2 aromatic carbocycles. The lowest BCUT2D eigenvalue weighted by atomic mass is 9.63. The van der Waals surface area contributed by atoms with Crippen LogP contribution in [-0.2, 0) is 9.59 Å². The smallest absolute Gasteiger partial charge is 0.238 e. The number of amides is 2. The number of carbonyl (C=O) groups is 3. The topological polar surface area (TPSA) is 54.5 Å². The summed E-state index contributed by atoms with van der Waals surface area (Å²) in [6, 6.07) is 13.7. The van der Waals surface area contributed by atoms with Crippen LogP contribution in [0.15, 0.2) is 60.7 Å². The van der Waals surface area contributed by atoms with Crippen LogP contribution in [0, 0.1) is 35.5 Å². The van der Waals surface area contributed by atoms with Crippen LogP contribution < -0.4 is 4.90 Å². The third-order valence-corrected chi connectivity index (χ3v) is 7.38. The molecule has 3 fully saturated rings. The van der Waals surface area contributed by atoms with E-state index in [9.17, 15) is 14.4 Å². The Bertz CT molecular complexity index is 1070. The molecule has 144 valence electrons. The van der Waals surface area contributed by atoms with E-state index in [-0.39, 0.29) is 46.8 Å². The van der Waals surface area contributed by atoms with Gasteiger partial charge in [-0.1, -0.05) is 54.1 Å². The van der Waals surface area contributed by atoms with Crippen LogP contribution in [0.2, 0.25) is 5.02 Å². The Kier molecular flexibility index (Phi) is 3.49. The molecule has 1 saturated heterocycles. The summed E-state index contributed by atoms with van der Waals surface area (Å²) in [5.41, 5.74) is 1.13. The number of halogens is 1. The molecule has 5 heteroatoms. The lowest BCUT2D eigenvalue weighted by Gasteiger charge is -2.37. The fraction of sp³-hybridized carbons (Fsp3) is 0.292. The predicted molar refractivity (Wildman–Crippen MR) is 109 cm³/mol. The van der Waals surface area contributed by atoms with Gasteiger partial charge in [0.05, 0.1) is 17.5 Å². The van der Waals surface area contributed by atoms with Crippen molar-refractivity contribution in [3.05, 3.63) is 76.8 Å². The number of hydrogen-bond donors (Lipinski definition) is 0. The van der Waals surface area contributed by atoms with Gasteiger partial charge in [0.25, 0.3) is 0 Å². The number of benzene rings is 2. The van der Waals surface area contributed by atoms with Gasteiger partial charge in [-0.25, -0.2) is 4.90 Å². The van der Waals surface area contributed by atoms with E-state index in [1.807, 2.05) is 6.07 Å². The summed E-state index contributed by atoms with van der Waals surface area (Å²) in [6.45, 7) is 0. The van der Waals surface area contributed by atoms with E-state index >= 15 is 0 Å². The Morgan fingerprint density at radius 1 is 0.897 bits per heavy atom. The van der Waals surface area contributed by atoms with Gasteiger partial charge in [-0.05, 0) is 48.3 Å². The van der Waals surface area contributed by atoms with Crippen LogP contribution >= 0.6 is 11.6 Å². The lowest BCUT2D eigenvalue weighted by Crippen LogP contribution is -2.40. The van der Waals surface area contributed by atoms with E-state index in [0.717, 1.165) is 6.42 Å². The molecule has 1 heterocycles. The predicted octanol–water partition coefficient (Wildman–Crippen LogP) is 4.13. The van der Waals surface area contributed by atoms with Crippen molar-refractivity contribution in [2.24, 2.45) is 35.5 Å². The van der Waals surface area contributed by atoms with E-state index in [2.05, 4.69) is 12.2 Å². The van der Waals surface area contributed by atoms with Crippen LogP contribution in [0.3, 0.4) is 0 Å². The van der Waals surface area contributed by atoms with Crippen molar-refractivity contribution >= 4 is 34.9 Å². The summed E-state index contributed by atoms with van der Waals surface area (Å²) in [6.07, 6.45) is 5.41. The minimum atomic E-state index is -0.295. The lowest BCUT2D eigenvalue weighted by molar-refractivity contribution is -0.124. The third-order valence-electron chi connectivity index (χ3n) is 7.14. The van der Waals surface area contributed by atoms with Crippen molar-refractivity contribution in [2.45, 2.75) is 6.42 Å². The summed E-state index contributed by atoms with van der Waals surface area (Å²) in [4.78, 5) is 41.3. The molecule has 4 nitrogen and oxygen atoms in total. The van der Waals surface area contributed by atoms with Crippen LogP contribution in [0.5, 0.6) is 0 Å². The van der Waals surface area contributed by atoms with Gasteiger partial charge in [0, 0.05) is 16.1 Å². The first-order valence-corrected chi connectivity index (χ1v) is 10.4. The van der Waals surface area contributed by atoms with Gasteiger partial charge in [0.1, 0.15) is 0 Å². The molecule has 2 saturated carbocycles. The molecular formula is C24H18ClNO3. The molecular weight excluding hydrogens is 386 g/mol. The third kappa shape index (κ3) is 2.29. The van der Waals surface area contributed by atoms with Gasteiger partial charge in [-0.15, -0.1) is 0 Å². The van der Waals surface area contributed by atoms with Gasteiger partial charge in [0.15, 0.2) is 5.78 Å². The standard InChI is InChI=1S/C24H18ClNO3/c25-13-6-9-19(18(10-13)22(27)12-4-2-1-3-5-12)26-23(28)20-14-7-8-15(17-11-16(14)17)21(20)24(26)29/h1-10,14-17,20-21H,11H2/t14-,15+,16+,17-,20-,21+. The fourth-order valence-corrected chi connectivity index (χ4v) is 6.00. The zero-order valence-electron chi connectivity index (χ0n) is 15.5. The number of ketones is 1.